The standard InChI is InChI=1S/C14H21NO2/c16-8-6-14(7-9-17-12-14)11-15-10-13-4-2-1-3-5-13/h1-5,15-16H,6-12H2. The second-order valence-electron chi connectivity index (χ2n) is 4.87. The Morgan fingerprint density at radius 1 is 1.29 bits per heavy atom. The summed E-state index contributed by atoms with van der Waals surface area (Å²) in [5.41, 5.74) is 1.44. The molecule has 17 heavy (non-hydrogen) atoms. The van der Waals surface area contributed by atoms with Gasteiger partial charge in [0, 0.05) is 31.7 Å². The molecule has 0 saturated carbocycles. The topological polar surface area (TPSA) is 41.5 Å². The predicted molar refractivity (Wildman–Crippen MR) is 67.7 cm³/mol. The highest BCUT2D eigenvalue weighted by molar-refractivity contribution is 5.14. The van der Waals surface area contributed by atoms with Crippen LogP contribution < -0.4 is 5.32 Å². The van der Waals surface area contributed by atoms with Gasteiger partial charge in [0.25, 0.3) is 0 Å². The number of rotatable bonds is 6. The highest BCUT2D eigenvalue weighted by Gasteiger charge is 2.33. The van der Waals surface area contributed by atoms with E-state index in [4.69, 9.17) is 9.84 Å². The summed E-state index contributed by atoms with van der Waals surface area (Å²) in [5.74, 6) is 0. The van der Waals surface area contributed by atoms with Crippen molar-refractivity contribution < 1.29 is 9.84 Å². The van der Waals surface area contributed by atoms with Crippen molar-refractivity contribution in [2.75, 3.05) is 26.4 Å². The molecular formula is C14H21NO2. The number of nitrogens with one attached hydrogen (secondary N) is 1. The molecule has 0 aliphatic carbocycles. The predicted octanol–water partition coefficient (Wildman–Crippen LogP) is 1.57. The second-order valence-corrected chi connectivity index (χ2v) is 4.87. The van der Waals surface area contributed by atoms with E-state index in [1.165, 1.54) is 5.56 Å². The summed E-state index contributed by atoms with van der Waals surface area (Å²) in [4.78, 5) is 0. The van der Waals surface area contributed by atoms with E-state index in [1.807, 2.05) is 6.07 Å². The van der Waals surface area contributed by atoms with Gasteiger partial charge in [-0.15, -0.1) is 0 Å². The van der Waals surface area contributed by atoms with Gasteiger partial charge in [0.05, 0.1) is 6.61 Å². The smallest absolute Gasteiger partial charge is 0.0536 e. The first-order chi connectivity index (χ1) is 8.35. The lowest BCUT2D eigenvalue weighted by Crippen LogP contribution is -2.35. The van der Waals surface area contributed by atoms with E-state index in [2.05, 4.69) is 29.6 Å². The largest absolute Gasteiger partial charge is 0.396 e. The molecular weight excluding hydrogens is 214 g/mol. The molecule has 1 unspecified atom stereocenters. The van der Waals surface area contributed by atoms with E-state index >= 15 is 0 Å². The van der Waals surface area contributed by atoms with Crippen LogP contribution in [0.3, 0.4) is 0 Å². The van der Waals surface area contributed by atoms with Crippen LogP contribution in [-0.2, 0) is 11.3 Å². The van der Waals surface area contributed by atoms with Crippen LogP contribution in [0.5, 0.6) is 0 Å². The number of ether oxygens (including phenoxy) is 1. The minimum absolute atomic E-state index is 0.142. The maximum Gasteiger partial charge on any atom is 0.0536 e. The summed E-state index contributed by atoms with van der Waals surface area (Å²) in [6.45, 7) is 3.65. The van der Waals surface area contributed by atoms with Crippen molar-refractivity contribution in [2.24, 2.45) is 5.41 Å². The molecule has 0 aromatic heterocycles. The third-order valence-electron chi connectivity index (χ3n) is 3.50. The molecule has 3 heteroatoms. The van der Waals surface area contributed by atoms with Gasteiger partial charge < -0.3 is 15.2 Å². The van der Waals surface area contributed by atoms with Crippen molar-refractivity contribution in [3.8, 4) is 0 Å². The Hall–Kier alpha value is -0.900. The van der Waals surface area contributed by atoms with E-state index < -0.39 is 0 Å². The monoisotopic (exact) mass is 235 g/mol. The number of aliphatic hydroxyl groups is 1. The van der Waals surface area contributed by atoms with Gasteiger partial charge in [0.15, 0.2) is 0 Å². The number of aliphatic hydroxyl groups excluding tert-OH is 1. The molecule has 1 aromatic carbocycles. The maximum atomic E-state index is 9.12. The molecule has 0 bridgehead atoms. The van der Waals surface area contributed by atoms with Crippen molar-refractivity contribution in [3.63, 3.8) is 0 Å². The Bertz CT molecular complexity index is 320. The number of benzene rings is 1. The summed E-state index contributed by atoms with van der Waals surface area (Å²) in [5, 5.41) is 12.6. The van der Waals surface area contributed by atoms with Crippen LogP contribution in [0, 0.1) is 5.41 Å². The Balaban J connectivity index is 1.80. The molecule has 1 atom stereocenters. The summed E-state index contributed by atoms with van der Waals surface area (Å²) < 4.78 is 5.46. The van der Waals surface area contributed by atoms with E-state index in [0.29, 0.717) is 0 Å². The molecule has 1 heterocycles. The van der Waals surface area contributed by atoms with E-state index in [9.17, 15) is 0 Å². The van der Waals surface area contributed by atoms with Gasteiger partial charge in [0.2, 0.25) is 0 Å². The molecule has 1 aromatic rings. The Morgan fingerprint density at radius 2 is 2.12 bits per heavy atom. The van der Waals surface area contributed by atoms with Gasteiger partial charge in [-0.2, -0.15) is 0 Å². The summed E-state index contributed by atoms with van der Waals surface area (Å²) in [6.07, 6.45) is 1.88. The maximum absolute atomic E-state index is 9.12. The Kier molecular flexibility index (Phi) is 4.54. The normalized spacial score (nSPS) is 24.1. The molecule has 2 rings (SSSR count). The highest BCUT2D eigenvalue weighted by Crippen LogP contribution is 2.31. The van der Waals surface area contributed by atoms with Crippen LogP contribution in [0.2, 0.25) is 0 Å². The molecule has 0 radical (unpaired) electrons. The van der Waals surface area contributed by atoms with E-state index in [-0.39, 0.29) is 12.0 Å². The average Bonchev–Trinajstić information content (AvgIpc) is 2.80. The average molecular weight is 235 g/mol. The minimum atomic E-state index is 0.142. The van der Waals surface area contributed by atoms with Crippen LogP contribution >= 0.6 is 0 Å². The van der Waals surface area contributed by atoms with Crippen molar-refractivity contribution in [3.05, 3.63) is 35.9 Å². The summed E-state index contributed by atoms with van der Waals surface area (Å²) >= 11 is 0. The zero-order chi connectivity index (χ0) is 12.0. The van der Waals surface area contributed by atoms with Crippen molar-refractivity contribution in [1.29, 1.82) is 0 Å². The fourth-order valence-electron chi connectivity index (χ4n) is 2.38. The Labute approximate surface area is 103 Å². The van der Waals surface area contributed by atoms with Crippen molar-refractivity contribution in [2.45, 2.75) is 19.4 Å². The van der Waals surface area contributed by atoms with Gasteiger partial charge >= 0.3 is 0 Å². The quantitative estimate of drug-likeness (QED) is 0.786. The van der Waals surface area contributed by atoms with Crippen LogP contribution in [0.4, 0.5) is 0 Å². The minimum Gasteiger partial charge on any atom is -0.396 e. The van der Waals surface area contributed by atoms with Gasteiger partial charge in [-0.3, -0.25) is 0 Å². The molecule has 1 saturated heterocycles. The molecule has 1 aliphatic rings. The van der Waals surface area contributed by atoms with Crippen LogP contribution in [0.25, 0.3) is 0 Å². The zero-order valence-corrected chi connectivity index (χ0v) is 10.2. The number of hydrogen-bond acceptors (Lipinski definition) is 3. The first-order valence-electron chi connectivity index (χ1n) is 6.28. The lowest BCUT2D eigenvalue weighted by Gasteiger charge is -2.26. The molecule has 1 aliphatic heterocycles. The lowest BCUT2D eigenvalue weighted by molar-refractivity contribution is 0.124. The lowest BCUT2D eigenvalue weighted by atomic mass is 9.84. The second kappa shape index (κ2) is 6.15. The molecule has 2 N–H and O–H groups in total. The molecule has 1 fully saturated rings. The first-order valence-corrected chi connectivity index (χ1v) is 6.28. The third-order valence-corrected chi connectivity index (χ3v) is 3.50. The van der Waals surface area contributed by atoms with E-state index in [0.717, 1.165) is 39.1 Å². The van der Waals surface area contributed by atoms with Crippen molar-refractivity contribution in [1.82, 2.24) is 5.32 Å². The number of hydrogen-bond donors (Lipinski definition) is 2. The SMILES string of the molecule is OCCC1(CNCc2ccccc2)CCOC1. The summed E-state index contributed by atoms with van der Waals surface area (Å²) in [7, 11) is 0. The molecule has 3 nitrogen and oxygen atoms in total. The van der Waals surface area contributed by atoms with Crippen molar-refractivity contribution >= 4 is 0 Å². The van der Waals surface area contributed by atoms with Crippen LogP contribution in [0.15, 0.2) is 30.3 Å². The zero-order valence-electron chi connectivity index (χ0n) is 10.2. The first kappa shape index (κ1) is 12.6. The van der Waals surface area contributed by atoms with Gasteiger partial charge in [0.1, 0.15) is 0 Å². The summed E-state index contributed by atoms with van der Waals surface area (Å²) in [6, 6.07) is 10.4. The Morgan fingerprint density at radius 3 is 2.76 bits per heavy atom. The fraction of sp³-hybridized carbons (Fsp3) is 0.571. The molecule has 0 spiro atoms. The third kappa shape index (κ3) is 3.53. The highest BCUT2D eigenvalue weighted by atomic mass is 16.5. The fourth-order valence-corrected chi connectivity index (χ4v) is 2.38. The molecule has 94 valence electrons. The van der Waals surface area contributed by atoms with Crippen LogP contribution in [0.1, 0.15) is 18.4 Å². The van der Waals surface area contributed by atoms with Crippen LogP contribution in [-0.4, -0.2) is 31.5 Å². The van der Waals surface area contributed by atoms with E-state index in [1.54, 1.807) is 0 Å². The van der Waals surface area contributed by atoms with Gasteiger partial charge in [-0.1, -0.05) is 30.3 Å². The molecule has 0 amide bonds. The van der Waals surface area contributed by atoms with Gasteiger partial charge in [-0.25, -0.2) is 0 Å². The van der Waals surface area contributed by atoms with Gasteiger partial charge in [-0.05, 0) is 18.4 Å².